The van der Waals surface area contributed by atoms with Crippen LogP contribution >= 0.6 is 0 Å². The maximum atomic E-state index is 5.07. The molecule has 0 bridgehead atoms. The summed E-state index contributed by atoms with van der Waals surface area (Å²) < 4.78 is 5.07. The number of methoxy groups -OCH3 is 1. The van der Waals surface area contributed by atoms with Crippen molar-refractivity contribution in [2.45, 2.75) is 52.5 Å². The Labute approximate surface area is 124 Å². The van der Waals surface area contributed by atoms with Crippen LogP contribution in [0.3, 0.4) is 0 Å². The van der Waals surface area contributed by atoms with Gasteiger partial charge < -0.3 is 10.1 Å². The SMILES string of the molecule is COCCNC(C)C(C)Cc1ccc(C(C)(C)C)cc1. The van der Waals surface area contributed by atoms with E-state index in [1.807, 2.05) is 0 Å². The van der Waals surface area contributed by atoms with E-state index in [0.717, 1.165) is 19.6 Å². The van der Waals surface area contributed by atoms with Crippen LogP contribution in [0, 0.1) is 5.92 Å². The summed E-state index contributed by atoms with van der Waals surface area (Å²) >= 11 is 0. The van der Waals surface area contributed by atoms with Crippen LogP contribution in [0.1, 0.15) is 45.7 Å². The Hall–Kier alpha value is -0.860. The number of hydrogen-bond acceptors (Lipinski definition) is 2. The monoisotopic (exact) mass is 277 g/mol. The van der Waals surface area contributed by atoms with Crippen molar-refractivity contribution in [3.63, 3.8) is 0 Å². The lowest BCUT2D eigenvalue weighted by Gasteiger charge is -2.22. The van der Waals surface area contributed by atoms with Gasteiger partial charge in [-0.05, 0) is 35.8 Å². The molecule has 1 aromatic rings. The highest BCUT2D eigenvalue weighted by molar-refractivity contribution is 5.27. The summed E-state index contributed by atoms with van der Waals surface area (Å²) in [5.41, 5.74) is 3.06. The summed E-state index contributed by atoms with van der Waals surface area (Å²) in [5, 5.41) is 3.51. The first-order chi connectivity index (χ1) is 9.34. The lowest BCUT2D eigenvalue weighted by molar-refractivity contribution is 0.192. The highest BCUT2D eigenvalue weighted by atomic mass is 16.5. The summed E-state index contributed by atoms with van der Waals surface area (Å²) in [4.78, 5) is 0. The van der Waals surface area contributed by atoms with Crippen LogP contribution in [0.4, 0.5) is 0 Å². The maximum Gasteiger partial charge on any atom is 0.0587 e. The molecule has 0 saturated heterocycles. The Kier molecular flexibility index (Phi) is 6.70. The molecule has 114 valence electrons. The largest absolute Gasteiger partial charge is 0.383 e. The van der Waals surface area contributed by atoms with E-state index >= 15 is 0 Å². The van der Waals surface area contributed by atoms with Crippen molar-refractivity contribution in [2.24, 2.45) is 5.92 Å². The Morgan fingerprint density at radius 1 is 1.10 bits per heavy atom. The highest BCUT2D eigenvalue weighted by Gasteiger charge is 2.15. The highest BCUT2D eigenvalue weighted by Crippen LogP contribution is 2.23. The normalized spacial score (nSPS) is 15.1. The van der Waals surface area contributed by atoms with Crippen LogP contribution in [0.15, 0.2) is 24.3 Å². The van der Waals surface area contributed by atoms with E-state index in [2.05, 4.69) is 64.2 Å². The quantitative estimate of drug-likeness (QED) is 0.766. The van der Waals surface area contributed by atoms with E-state index in [1.165, 1.54) is 11.1 Å². The lowest BCUT2D eigenvalue weighted by atomic mass is 9.85. The minimum Gasteiger partial charge on any atom is -0.383 e. The minimum absolute atomic E-state index is 0.235. The predicted octanol–water partition coefficient (Wildman–Crippen LogP) is 3.79. The number of nitrogens with one attached hydrogen (secondary N) is 1. The molecule has 1 aromatic carbocycles. The van der Waals surface area contributed by atoms with Crippen LogP contribution in [0.5, 0.6) is 0 Å². The van der Waals surface area contributed by atoms with Gasteiger partial charge in [-0.1, -0.05) is 52.0 Å². The molecular weight excluding hydrogens is 246 g/mol. The van der Waals surface area contributed by atoms with Crippen LogP contribution in [0.25, 0.3) is 0 Å². The molecule has 0 aliphatic rings. The molecule has 2 nitrogen and oxygen atoms in total. The first-order valence-corrected chi connectivity index (χ1v) is 7.66. The molecule has 0 radical (unpaired) electrons. The van der Waals surface area contributed by atoms with Gasteiger partial charge >= 0.3 is 0 Å². The number of ether oxygens (including phenoxy) is 1. The molecule has 0 aliphatic carbocycles. The van der Waals surface area contributed by atoms with Gasteiger partial charge in [-0.25, -0.2) is 0 Å². The fourth-order valence-corrected chi connectivity index (χ4v) is 2.28. The van der Waals surface area contributed by atoms with Crippen LogP contribution < -0.4 is 5.32 Å². The molecular formula is C18H31NO. The second kappa shape index (κ2) is 7.80. The molecule has 0 aromatic heterocycles. The van der Waals surface area contributed by atoms with Crippen molar-refractivity contribution < 1.29 is 4.74 Å². The van der Waals surface area contributed by atoms with Crippen LogP contribution in [-0.4, -0.2) is 26.3 Å². The predicted molar refractivity (Wildman–Crippen MR) is 87.4 cm³/mol. The summed E-state index contributed by atoms with van der Waals surface area (Å²) in [6.45, 7) is 13.0. The maximum absolute atomic E-state index is 5.07. The van der Waals surface area contributed by atoms with Gasteiger partial charge in [0, 0.05) is 19.7 Å². The van der Waals surface area contributed by atoms with Gasteiger partial charge in [0.25, 0.3) is 0 Å². The summed E-state index contributed by atoms with van der Waals surface area (Å²) in [7, 11) is 1.74. The van der Waals surface area contributed by atoms with Crippen LogP contribution in [-0.2, 0) is 16.6 Å². The first-order valence-electron chi connectivity index (χ1n) is 7.66. The fourth-order valence-electron chi connectivity index (χ4n) is 2.28. The standard InChI is InChI=1S/C18H31NO/c1-14(15(2)19-11-12-20-6)13-16-7-9-17(10-8-16)18(3,4)5/h7-10,14-15,19H,11-13H2,1-6H3. The van der Waals surface area contributed by atoms with Crippen molar-refractivity contribution in [3.8, 4) is 0 Å². The zero-order chi connectivity index (χ0) is 15.2. The van der Waals surface area contributed by atoms with Gasteiger partial charge in [0.05, 0.1) is 6.61 Å². The van der Waals surface area contributed by atoms with E-state index in [4.69, 9.17) is 4.74 Å². The molecule has 0 fully saturated rings. The second-order valence-corrected chi connectivity index (χ2v) is 6.86. The second-order valence-electron chi connectivity index (χ2n) is 6.86. The van der Waals surface area contributed by atoms with Gasteiger partial charge in [0.2, 0.25) is 0 Å². The van der Waals surface area contributed by atoms with Crippen molar-refractivity contribution in [2.75, 3.05) is 20.3 Å². The van der Waals surface area contributed by atoms with E-state index in [1.54, 1.807) is 7.11 Å². The summed E-state index contributed by atoms with van der Waals surface area (Å²) in [6, 6.07) is 9.60. The zero-order valence-corrected chi connectivity index (χ0v) is 14.0. The van der Waals surface area contributed by atoms with Gasteiger partial charge in [-0.15, -0.1) is 0 Å². The molecule has 20 heavy (non-hydrogen) atoms. The molecule has 2 atom stereocenters. The smallest absolute Gasteiger partial charge is 0.0587 e. The van der Waals surface area contributed by atoms with Gasteiger partial charge in [-0.2, -0.15) is 0 Å². The molecule has 0 aliphatic heterocycles. The zero-order valence-electron chi connectivity index (χ0n) is 14.0. The Morgan fingerprint density at radius 2 is 1.70 bits per heavy atom. The van der Waals surface area contributed by atoms with Crippen LogP contribution in [0.2, 0.25) is 0 Å². The van der Waals surface area contributed by atoms with Gasteiger partial charge in [0.1, 0.15) is 0 Å². The topological polar surface area (TPSA) is 21.3 Å². The number of hydrogen-bond donors (Lipinski definition) is 1. The molecule has 0 heterocycles. The average molecular weight is 277 g/mol. The Morgan fingerprint density at radius 3 is 2.20 bits per heavy atom. The van der Waals surface area contributed by atoms with Gasteiger partial charge in [0.15, 0.2) is 0 Å². The summed E-state index contributed by atoms with van der Waals surface area (Å²) in [6.07, 6.45) is 1.12. The Bertz CT molecular complexity index is 377. The third-order valence-electron chi connectivity index (χ3n) is 4.00. The summed E-state index contributed by atoms with van der Waals surface area (Å²) in [5.74, 6) is 0.618. The van der Waals surface area contributed by atoms with Gasteiger partial charge in [-0.3, -0.25) is 0 Å². The minimum atomic E-state index is 0.235. The molecule has 2 unspecified atom stereocenters. The fraction of sp³-hybridized carbons (Fsp3) is 0.667. The number of rotatable bonds is 7. The van der Waals surface area contributed by atoms with Crippen molar-refractivity contribution in [1.82, 2.24) is 5.32 Å². The molecule has 0 amide bonds. The van der Waals surface area contributed by atoms with E-state index < -0.39 is 0 Å². The van der Waals surface area contributed by atoms with Crippen molar-refractivity contribution in [3.05, 3.63) is 35.4 Å². The third-order valence-corrected chi connectivity index (χ3v) is 4.00. The van der Waals surface area contributed by atoms with E-state index in [9.17, 15) is 0 Å². The van der Waals surface area contributed by atoms with Crippen molar-refractivity contribution >= 4 is 0 Å². The first kappa shape index (κ1) is 17.2. The van der Waals surface area contributed by atoms with Crippen molar-refractivity contribution in [1.29, 1.82) is 0 Å². The Balaban J connectivity index is 2.51. The third kappa shape index (κ3) is 5.64. The van der Waals surface area contributed by atoms with E-state index in [0.29, 0.717) is 12.0 Å². The van der Waals surface area contributed by atoms with E-state index in [-0.39, 0.29) is 5.41 Å². The molecule has 2 heteroatoms. The molecule has 1 N–H and O–H groups in total. The molecule has 0 spiro atoms. The number of benzene rings is 1. The molecule has 0 saturated carbocycles. The lowest BCUT2D eigenvalue weighted by Crippen LogP contribution is -2.35. The molecule has 1 rings (SSSR count). The average Bonchev–Trinajstić information content (AvgIpc) is 2.38.